The van der Waals surface area contributed by atoms with Crippen LogP contribution in [0.15, 0.2) is 10.6 Å². The summed E-state index contributed by atoms with van der Waals surface area (Å²) >= 11 is 0. The molecule has 0 aliphatic carbocycles. The van der Waals surface area contributed by atoms with Crippen LogP contribution in [0.2, 0.25) is 0 Å². The predicted molar refractivity (Wildman–Crippen MR) is 66.6 cm³/mol. The van der Waals surface area contributed by atoms with E-state index >= 15 is 0 Å². The highest BCUT2D eigenvalue weighted by Crippen LogP contribution is 2.19. The highest BCUT2D eigenvalue weighted by molar-refractivity contribution is 6.39. The van der Waals surface area contributed by atoms with Crippen LogP contribution >= 0.6 is 0 Å². The van der Waals surface area contributed by atoms with Crippen molar-refractivity contribution in [2.75, 3.05) is 19.0 Å². The largest absolute Gasteiger partial charge is 0.467 e. The summed E-state index contributed by atoms with van der Waals surface area (Å²) in [5, 5.41) is 5.90. The number of hydrogen-bond donors (Lipinski definition) is 1. The van der Waals surface area contributed by atoms with Crippen LogP contribution in [0.3, 0.4) is 0 Å². The van der Waals surface area contributed by atoms with E-state index in [0.29, 0.717) is 25.1 Å². The van der Waals surface area contributed by atoms with Gasteiger partial charge < -0.3 is 14.2 Å². The lowest BCUT2D eigenvalue weighted by atomic mass is 10.2. The van der Waals surface area contributed by atoms with Gasteiger partial charge >= 0.3 is 17.8 Å². The summed E-state index contributed by atoms with van der Waals surface area (Å²) in [7, 11) is 1.25. The molecule has 8 heteroatoms. The molecule has 0 radical (unpaired) electrons. The Hall–Kier alpha value is -2.38. The number of carbonyl (C=O) groups is 3. The molecule has 1 aliphatic heterocycles. The van der Waals surface area contributed by atoms with Gasteiger partial charge in [-0.25, -0.2) is 4.79 Å². The Morgan fingerprint density at radius 2 is 2.25 bits per heavy atom. The lowest BCUT2D eigenvalue weighted by molar-refractivity contribution is -0.153. The predicted octanol–water partition coefficient (Wildman–Crippen LogP) is 0.0855. The van der Waals surface area contributed by atoms with Gasteiger partial charge in [-0.05, 0) is 19.8 Å². The van der Waals surface area contributed by atoms with E-state index in [2.05, 4.69) is 15.2 Å². The van der Waals surface area contributed by atoms with Crippen molar-refractivity contribution in [1.82, 2.24) is 10.1 Å². The van der Waals surface area contributed by atoms with E-state index in [0.717, 1.165) is 0 Å². The zero-order valence-electron chi connectivity index (χ0n) is 11.2. The second-order valence-electron chi connectivity index (χ2n) is 4.46. The number of aryl methyl sites for hydroxylation is 1. The third kappa shape index (κ3) is 2.79. The molecule has 1 saturated heterocycles. The van der Waals surface area contributed by atoms with E-state index in [4.69, 9.17) is 4.52 Å². The first-order valence-corrected chi connectivity index (χ1v) is 6.16. The van der Waals surface area contributed by atoms with Crippen LogP contribution in [0.25, 0.3) is 0 Å². The Morgan fingerprint density at radius 1 is 1.50 bits per heavy atom. The highest BCUT2D eigenvalue weighted by atomic mass is 16.5. The molecular weight excluding hydrogens is 266 g/mol. The molecule has 20 heavy (non-hydrogen) atoms. The van der Waals surface area contributed by atoms with Crippen molar-refractivity contribution in [3.05, 3.63) is 11.8 Å². The molecule has 1 N–H and O–H groups in total. The number of nitrogens with one attached hydrogen (secondary N) is 1. The number of amides is 2. The average molecular weight is 281 g/mol. The van der Waals surface area contributed by atoms with E-state index < -0.39 is 23.8 Å². The zero-order chi connectivity index (χ0) is 14.7. The van der Waals surface area contributed by atoms with E-state index in [1.807, 2.05) is 0 Å². The van der Waals surface area contributed by atoms with E-state index in [-0.39, 0.29) is 5.82 Å². The molecule has 1 aromatic heterocycles. The maximum absolute atomic E-state index is 12.0. The lowest BCUT2D eigenvalue weighted by Gasteiger charge is -2.21. The topological polar surface area (TPSA) is 102 Å². The number of methoxy groups -OCH3 is 1. The minimum absolute atomic E-state index is 0.162. The van der Waals surface area contributed by atoms with Crippen LogP contribution in [0.5, 0.6) is 0 Å². The molecule has 1 aromatic rings. The first-order valence-electron chi connectivity index (χ1n) is 6.16. The normalized spacial score (nSPS) is 17.9. The Balaban J connectivity index is 2.02. The number of anilines is 1. The molecule has 2 rings (SSSR count). The summed E-state index contributed by atoms with van der Waals surface area (Å²) in [6, 6.07) is 0.796. The van der Waals surface area contributed by atoms with Crippen LogP contribution in [0, 0.1) is 6.92 Å². The van der Waals surface area contributed by atoms with Crippen molar-refractivity contribution in [2.24, 2.45) is 0 Å². The third-order valence-corrected chi connectivity index (χ3v) is 3.05. The quantitative estimate of drug-likeness (QED) is 0.608. The van der Waals surface area contributed by atoms with Gasteiger partial charge in [0.05, 0.1) is 7.11 Å². The smallest absolute Gasteiger partial charge is 0.328 e. The molecule has 2 amide bonds. The van der Waals surface area contributed by atoms with Crippen molar-refractivity contribution in [1.29, 1.82) is 0 Å². The maximum Gasteiger partial charge on any atom is 0.328 e. The number of hydrogen-bond acceptors (Lipinski definition) is 6. The van der Waals surface area contributed by atoms with Gasteiger partial charge in [-0.2, -0.15) is 0 Å². The Kier molecular flexibility index (Phi) is 4.02. The molecule has 0 spiro atoms. The number of aromatic nitrogens is 1. The summed E-state index contributed by atoms with van der Waals surface area (Å²) in [6.45, 7) is 2.02. The van der Waals surface area contributed by atoms with Crippen molar-refractivity contribution >= 4 is 23.6 Å². The SMILES string of the molecule is COC(=O)[C@H]1CCCN1C(=O)C(=O)Nc1cc(C)on1. The molecule has 0 aromatic carbocycles. The summed E-state index contributed by atoms with van der Waals surface area (Å²) in [5.74, 6) is -1.47. The molecule has 0 unspecified atom stereocenters. The Bertz CT molecular complexity index is 539. The van der Waals surface area contributed by atoms with E-state index in [1.54, 1.807) is 6.92 Å². The second-order valence-corrected chi connectivity index (χ2v) is 4.46. The number of carbonyl (C=O) groups excluding carboxylic acids is 3. The standard InChI is InChI=1S/C12H15N3O5/c1-7-6-9(14-20-7)13-10(16)11(17)15-5-3-4-8(15)12(18)19-2/h6,8H,3-5H2,1-2H3,(H,13,14,16)/t8-/m1/s1. The summed E-state index contributed by atoms with van der Waals surface area (Å²) in [5.41, 5.74) is 0. The molecule has 108 valence electrons. The fourth-order valence-corrected chi connectivity index (χ4v) is 2.12. The van der Waals surface area contributed by atoms with Gasteiger partial charge in [-0.15, -0.1) is 0 Å². The minimum atomic E-state index is -0.853. The van der Waals surface area contributed by atoms with Gasteiger partial charge in [0.15, 0.2) is 5.82 Å². The van der Waals surface area contributed by atoms with Gasteiger partial charge in [0.25, 0.3) is 0 Å². The monoisotopic (exact) mass is 281 g/mol. The van der Waals surface area contributed by atoms with Crippen molar-refractivity contribution in [3.63, 3.8) is 0 Å². The Labute approximate surface area is 115 Å². The average Bonchev–Trinajstić information content (AvgIpc) is 3.06. The van der Waals surface area contributed by atoms with Crippen LogP contribution < -0.4 is 5.32 Å². The van der Waals surface area contributed by atoms with Crippen LogP contribution in [0.1, 0.15) is 18.6 Å². The molecule has 0 saturated carbocycles. The van der Waals surface area contributed by atoms with Gasteiger partial charge in [0.2, 0.25) is 0 Å². The maximum atomic E-state index is 12.0. The van der Waals surface area contributed by atoms with Crippen LogP contribution in [-0.2, 0) is 19.1 Å². The summed E-state index contributed by atoms with van der Waals surface area (Å²) < 4.78 is 9.41. The van der Waals surface area contributed by atoms with Crippen molar-refractivity contribution in [3.8, 4) is 0 Å². The number of esters is 1. The molecule has 1 fully saturated rings. The van der Waals surface area contributed by atoms with E-state index in [1.165, 1.54) is 18.1 Å². The van der Waals surface area contributed by atoms with Gasteiger partial charge in [0, 0.05) is 12.6 Å². The molecule has 2 heterocycles. The summed E-state index contributed by atoms with van der Waals surface area (Å²) in [6.07, 6.45) is 1.15. The second kappa shape index (κ2) is 5.72. The van der Waals surface area contributed by atoms with Gasteiger partial charge in [-0.3, -0.25) is 14.9 Å². The lowest BCUT2D eigenvalue weighted by Crippen LogP contribution is -2.46. The van der Waals surface area contributed by atoms with Crippen molar-refractivity contribution in [2.45, 2.75) is 25.8 Å². The van der Waals surface area contributed by atoms with Gasteiger partial charge in [-0.1, -0.05) is 5.16 Å². The first kappa shape index (κ1) is 14.0. The van der Waals surface area contributed by atoms with Crippen LogP contribution in [-0.4, -0.2) is 47.5 Å². The van der Waals surface area contributed by atoms with Crippen LogP contribution in [0.4, 0.5) is 5.82 Å². The van der Waals surface area contributed by atoms with E-state index in [9.17, 15) is 14.4 Å². The minimum Gasteiger partial charge on any atom is -0.467 e. The number of likely N-dealkylation sites (tertiary alicyclic amines) is 1. The van der Waals surface area contributed by atoms with Gasteiger partial charge in [0.1, 0.15) is 11.8 Å². The van der Waals surface area contributed by atoms with Crippen molar-refractivity contribution < 1.29 is 23.6 Å². The fourth-order valence-electron chi connectivity index (χ4n) is 2.12. The molecule has 1 aliphatic rings. The molecule has 0 bridgehead atoms. The number of nitrogens with zero attached hydrogens (tertiary/aromatic N) is 2. The highest BCUT2D eigenvalue weighted by Gasteiger charge is 2.37. The third-order valence-electron chi connectivity index (χ3n) is 3.05. The first-order chi connectivity index (χ1) is 9.52. The number of ether oxygens (including phenoxy) is 1. The molecule has 1 atom stereocenters. The summed E-state index contributed by atoms with van der Waals surface area (Å²) in [4.78, 5) is 36.6. The zero-order valence-corrected chi connectivity index (χ0v) is 11.2. The Morgan fingerprint density at radius 3 is 2.85 bits per heavy atom. The fraction of sp³-hybridized carbons (Fsp3) is 0.500. The molecule has 8 nitrogen and oxygen atoms in total. The number of rotatable bonds is 2. The molecular formula is C12H15N3O5.